The highest BCUT2D eigenvalue weighted by molar-refractivity contribution is 7.90. The molecular formula is C43H53N3O8S. The Kier molecular flexibility index (Phi) is 10.4. The number of Topliss-reactive ketones (excluding diaryl/α,β-unsaturated/α-hetero) is 1. The second kappa shape index (κ2) is 15.1. The monoisotopic (exact) mass is 771 g/mol. The molecule has 2 aliphatic heterocycles. The van der Waals surface area contributed by atoms with Gasteiger partial charge in [0.05, 0.1) is 42.2 Å². The van der Waals surface area contributed by atoms with Crippen LogP contribution in [0.2, 0.25) is 0 Å². The predicted octanol–water partition coefficient (Wildman–Crippen LogP) is 6.45. The molecule has 1 aromatic carbocycles. The summed E-state index contributed by atoms with van der Waals surface area (Å²) in [5.74, 6) is -2.34. The Balaban J connectivity index is 1.13. The van der Waals surface area contributed by atoms with Crippen LogP contribution in [0.5, 0.6) is 5.88 Å². The molecule has 1 aromatic heterocycles. The number of nitrogens with one attached hydrogen (secondary N) is 1. The zero-order valence-corrected chi connectivity index (χ0v) is 32.4. The lowest BCUT2D eigenvalue weighted by Gasteiger charge is -2.34. The van der Waals surface area contributed by atoms with Gasteiger partial charge in [0.25, 0.3) is 0 Å². The molecular weight excluding hydrogens is 719 g/mol. The van der Waals surface area contributed by atoms with Gasteiger partial charge in [-0.05, 0) is 86.3 Å². The third-order valence-electron chi connectivity index (χ3n) is 13.5. The lowest BCUT2D eigenvalue weighted by Crippen LogP contribution is -2.48. The highest BCUT2D eigenvalue weighted by Crippen LogP contribution is 2.57. The summed E-state index contributed by atoms with van der Waals surface area (Å²) < 4.78 is 40.6. The highest BCUT2D eigenvalue weighted by Gasteiger charge is 2.61. The molecule has 0 radical (unpaired) electrons. The number of aromatic nitrogens is 1. The fraction of sp³-hybridized carbons (Fsp3) is 0.605. The Labute approximate surface area is 323 Å². The number of ether oxygens (including phenoxy) is 2. The maximum Gasteiger partial charge on any atom is 0.306 e. The van der Waals surface area contributed by atoms with Crippen molar-refractivity contribution in [2.75, 3.05) is 13.2 Å². The molecule has 4 aliphatic carbocycles. The molecule has 294 valence electrons. The third-order valence-corrected chi connectivity index (χ3v) is 15.3. The van der Waals surface area contributed by atoms with E-state index in [1.54, 1.807) is 17.2 Å². The fourth-order valence-electron chi connectivity index (χ4n) is 9.91. The minimum atomic E-state index is -3.84. The van der Waals surface area contributed by atoms with Crippen molar-refractivity contribution in [3.63, 3.8) is 0 Å². The van der Waals surface area contributed by atoms with Gasteiger partial charge in [0, 0.05) is 29.8 Å². The fourth-order valence-corrected chi connectivity index (χ4v) is 11.3. The normalized spacial score (nSPS) is 30.7. The van der Waals surface area contributed by atoms with E-state index in [9.17, 15) is 27.6 Å². The molecule has 5 atom stereocenters. The lowest BCUT2D eigenvalue weighted by molar-refractivity contribution is -0.154. The number of nitrogens with zero attached hydrogens (tertiary/aromatic N) is 2. The van der Waals surface area contributed by atoms with Crippen LogP contribution in [0.1, 0.15) is 108 Å². The van der Waals surface area contributed by atoms with Gasteiger partial charge in [-0.3, -0.25) is 23.9 Å². The molecule has 2 aromatic rings. The van der Waals surface area contributed by atoms with Gasteiger partial charge >= 0.3 is 5.97 Å². The number of carbonyl (C=O) groups excluding carboxylic acids is 4. The average Bonchev–Trinajstić information content (AvgIpc) is 4.07. The van der Waals surface area contributed by atoms with Crippen molar-refractivity contribution in [2.45, 2.75) is 120 Å². The molecule has 4 bridgehead atoms. The summed E-state index contributed by atoms with van der Waals surface area (Å²) in [5, 5.41) is 1.18. The van der Waals surface area contributed by atoms with Crippen LogP contribution in [0, 0.1) is 28.6 Å². The van der Waals surface area contributed by atoms with Crippen molar-refractivity contribution in [1.29, 1.82) is 0 Å². The molecule has 5 fully saturated rings. The van der Waals surface area contributed by atoms with Crippen molar-refractivity contribution in [3.8, 4) is 5.88 Å². The van der Waals surface area contributed by atoms with Gasteiger partial charge in [0.15, 0.2) is 5.78 Å². The zero-order valence-electron chi connectivity index (χ0n) is 31.6. The summed E-state index contributed by atoms with van der Waals surface area (Å²) in [6.45, 7) is 4.27. The summed E-state index contributed by atoms with van der Waals surface area (Å²) in [5.41, 5.74) is -0.428. The van der Waals surface area contributed by atoms with Crippen LogP contribution in [-0.4, -0.2) is 72.4 Å². The molecule has 55 heavy (non-hydrogen) atoms. The van der Waals surface area contributed by atoms with E-state index in [1.807, 2.05) is 18.2 Å². The van der Waals surface area contributed by atoms with Gasteiger partial charge in [-0.15, -0.1) is 6.58 Å². The SMILES string of the molecule is C=C[C@H]1C[C@]1(CC(=O)[C@@H]1C[C@@H]2CN1C(=O)[C@H](C1CCCCC1)CC(=O)OCC1(C/C=C/c3ccc4ccnc(c4c3)O2)CCCC1)C(=O)NS(=O)(=O)C1CC1. The molecule has 6 aliphatic rings. The average molecular weight is 772 g/mol. The van der Waals surface area contributed by atoms with Crippen LogP contribution in [0.15, 0.2) is 49.2 Å². The lowest BCUT2D eigenvalue weighted by atomic mass is 9.77. The van der Waals surface area contributed by atoms with E-state index in [0.29, 0.717) is 31.7 Å². The number of cyclic esters (lactones) is 1. The molecule has 3 heterocycles. The molecule has 8 rings (SSSR count). The zero-order chi connectivity index (χ0) is 38.4. The maximum atomic E-state index is 15.0. The number of esters is 1. The van der Waals surface area contributed by atoms with Crippen molar-refractivity contribution in [1.82, 2.24) is 14.6 Å². The van der Waals surface area contributed by atoms with Crippen molar-refractivity contribution < 1.29 is 37.1 Å². The van der Waals surface area contributed by atoms with Crippen LogP contribution < -0.4 is 9.46 Å². The van der Waals surface area contributed by atoms with Crippen LogP contribution in [0.4, 0.5) is 0 Å². The number of hydrogen-bond donors (Lipinski definition) is 1. The van der Waals surface area contributed by atoms with Crippen LogP contribution in [-0.2, 0) is 33.9 Å². The Morgan fingerprint density at radius 1 is 1.04 bits per heavy atom. The van der Waals surface area contributed by atoms with Gasteiger partial charge in [-0.2, -0.15) is 0 Å². The number of pyridine rings is 1. The van der Waals surface area contributed by atoms with E-state index < -0.39 is 50.6 Å². The molecule has 1 saturated heterocycles. The number of amides is 2. The first-order valence-electron chi connectivity index (χ1n) is 20.4. The number of allylic oxidation sites excluding steroid dienone is 2. The van der Waals surface area contributed by atoms with Crippen LogP contribution in [0.25, 0.3) is 16.8 Å². The van der Waals surface area contributed by atoms with E-state index in [-0.39, 0.29) is 54.7 Å². The van der Waals surface area contributed by atoms with Gasteiger partial charge < -0.3 is 14.4 Å². The molecule has 2 amide bonds. The first kappa shape index (κ1) is 37.8. The van der Waals surface area contributed by atoms with Crippen molar-refractivity contribution >= 4 is 50.4 Å². The first-order chi connectivity index (χ1) is 26.5. The van der Waals surface area contributed by atoms with E-state index in [2.05, 4.69) is 34.5 Å². The molecule has 1 N–H and O–H groups in total. The van der Waals surface area contributed by atoms with Gasteiger partial charge in [0.2, 0.25) is 27.7 Å². The van der Waals surface area contributed by atoms with E-state index >= 15 is 0 Å². The summed E-state index contributed by atoms with van der Waals surface area (Å²) in [6, 6.07) is 7.11. The summed E-state index contributed by atoms with van der Waals surface area (Å²) >= 11 is 0. The Morgan fingerprint density at radius 2 is 1.82 bits per heavy atom. The predicted molar refractivity (Wildman–Crippen MR) is 207 cm³/mol. The second-order valence-electron chi connectivity index (χ2n) is 17.3. The topological polar surface area (TPSA) is 149 Å². The van der Waals surface area contributed by atoms with E-state index in [0.717, 1.165) is 80.5 Å². The summed E-state index contributed by atoms with van der Waals surface area (Å²) in [4.78, 5) is 63.1. The first-order valence-corrected chi connectivity index (χ1v) is 21.9. The minimum absolute atomic E-state index is 0.0324. The van der Waals surface area contributed by atoms with Crippen molar-refractivity contribution in [2.24, 2.45) is 28.6 Å². The molecule has 12 heteroatoms. The van der Waals surface area contributed by atoms with Crippen molar-refractivity contribution in [3.05, 3.63) is 54.8 Å². The number of hydrogen-bond acceptors (Lipinski definition) is 9. The van der Waals surface area contributed by atoms with E-state index in [4.69, 9.17) is 9.47 Å². The highest BCUT2D eigenvalue weighted by atomic mass is 32.2. The van der Waals surface area contributed by atoms with Gasteiger partial charge in [-0.25, -0.2) is 13.4 Å². The molecule has 0 unspecified atom stereocenters. The molecule has 4 saturated carbocycles. The number of carbonyl (C=O) groups is 4. The largest absolute Gasteiger partial charge is 0.472 e. The maximum absolute atomic E-state index is 15.0. The van der Waals surface area contributed by atoms with E-state index in [1.165, 1.54) is 0 Å². The third kappa shape index (κ3) is 7.85. The molecule has 1 spiro atoms. The number of benzene rings is 1. The van der Waals surface area contributed by atoms with Crippen LogP contribution >= 0.6 is 0 Å². The van der Waals surface area contributed by atoms with Crippen LogP contribution in [0.3, 0.4) is 0 Å². The Bertz CT molecular complexity index is 2000. The van der Waals surface area contributed by atoms with Gasteiger partial charge in [-0.1, -0.05) is 62.5 Å². The number of sulfonamides is 1. The quantitative estimate of drug-likeness (QED) is 0.236. The minimum Gasteiger partial charge on any atom is -0.472 e. The second-order valence-corrected chi connectivity index (χ2v) is 19.2. The smallest absolute Gasteiger partial charge is 0.306 e. The number of fused-ring (bicyclic) bond motifs is 3. The standard InChI is InChI=1S/C43H53N3O8S/c1-2-31-24-43(31,41(50)45-55(51,52)33-14-15-33)25-37(47)36-22-32-26-46(36)40(49)35(29-10-4-3-5-11-29)23-38(48)53-27-42(17-6-7-18-42)19-8-9-28-12-13-30-16-20-44-39(54-32)34(30)21-28/h2,8-9,12-13,16,20-21,29,31-33,35-36H,1,3-7,10-11,14-15,17-19,22-27H2,(H,45,50)/b9-8+/t31-,32+,35-,36-,43+/m0/s1. The Morgan fingerprint density at radius 3 is 2.55 bits per heavy atom. The number of ketones is 1. The molecule has 11 nitrogen and oxygen atoms in total. The number of rotatable bonds is 8. The summed E-state index contributed by atoms with van der Waals surface area (Å²) in [7, 11) is -3.84. The summed E-state index contributed by atoms with van der Waals surface area (Å²) in [6.07, 6.45) is 17.6. The Hall–Kier alpha value is -4.06. The van der Waals surface area contributed by atoms with Gasteiger partial charge in [0.1, 0.15) is 6.10 Å².